The predicted octanol–water partition coefficient (Wildman–Crippen LogP) is 3.11. The van der Waals surface area contributed by atoms with Gasteiger partial charge in [-0.3, -0.25) is 0 Å². The van der Waals surface area contributed by atoms with Crippen LogP contribution in [0.1, 0.15) is 12.0 Å². The second-order valence-electron chi connectivity index (χ2n) is 3.46. The van der Waals surface area contributed by atoms with Crippen molar-refractivity contribution in [2.45, 2.75) is 11.6 Å². The summed E-state index contributed by atoms with van der Waals surface area (Å²) in [5, 5.41) is 9.56. The van der Waals surface area contributed by atoms with E-state index in [0.717, 1.165) is 12.2 Å². The van der Waals surface area contributed by atoms with Gasteiger partial charge in [0.25, 0.3) is 5.22 Å². The predicted molar refractivity (Wildman–Crippen MR) is 68.5 cm³/mol. The number of aromatic nitrogens is 1. The highest BCUT2D eigenvalue weighted by Crippen LogP contribution is 2.18. The summed E-state index contributed by atoms with van der Waals surface area (Å²) in [4.78, 5) is 4.01. The first kappa shape index (κ1) is 12.5. The Morgan fingerprint density at radius 3 is 3.06 bits per heavy atom. The van der Waals surface area contributed by atoms with Gasteiger partial charge in [-0.15, -0.1) is 0 Å². The number of para-hydroxylation sites is 1. The van der Waals surface area contributed by atoms with Crippen molar-refractivity contribution < 1.29 is 9.15 Å². The molecule has 2 rings (SSSR count). The van der Waals surface area contributed by atoms with Crippen LogP contribution in [0.5, 0.6) is 5.75 Å². The standard InChI is InChI=1S/C13H12N2O2S/c14-10-11-4-1-2-5-12(11)16-7-3-9-18-13-15-6-8-17-13/h1-2,4-6,8H,3,7,9H2. The largest absolute Gasteiger partial charge is 0.492 e. The van der Waals surface area contributed by atoms with E-state index in [1.807, 2.05) is 12.1 Å². The van der Waals surface area contributed by atoms with E-state index in [-0.39, 0.29) is 0 Å². The smallest absolute Gasteiger partial charge is 0.255 e. The van der Waals surface area contributed by atoms with Gasteiger partial charge in [0.05, 0.1) is 18.4 Å². The highest BCUT2D eigenvalue weighted by molar-refractivity contribution is 7.99. The molecule has 18 heavy (non-hydrogen) atoms. The molecule has 0 aliphatic rings. The first-order chi connectivity index (χ1) is 8.90. The summed E-state index contributed by atoms with van der Waals surface area (Å²) in [5.74, 6) is 1.51. The van der Waals surface area contributed by atoms with Crippen molar-refractivity contribution in [1.29, 1.82) is 5.26 Å². The lowest BCUT2D eigenvalue weighted by Gasteiger charge is -2.06. The molecule has 0 amide bonds. The third-order valence-electron chi connectivity index (χ3n) is 2.19. The zero-order chi connectivity index (χ0) is 12.6. The number of thioether (sulfide) groups is 1. The first-order valence-corrected chi connectivity index (χ1v) is 6.53. The maximum absolute atomic E-state index is 8.89. The maximum atomic E-state index is 8.89. The quantitative estimate of drug-likeness (QED) is 0.590. The molecule has 1 heterocycles. The Kier molecular flexibility index (Phi) is 4.68. The molecular formula is C13H12N2O2S. The van der Waals surface area contributed by atoms with E-state index in [1.54, 1.807) is 36.4 Å². The van der Waals surface area contributed by atoms with Gasteiger partial charge in [-0.1, -0.05) is 23.9 Å². The highest BCUT2D eigenvalue weighted by Gasteiger charge is 2.02. The lowest BCUT2D eigenvalue weighted by atomic mass is 10.2. The zero-order valence-corrected chi connectivity index (χ0v) is 10.5. The molecule has 2 aromatic rings. The number of hydrogen-bond acceptors (Lipinski definition) is 5. The Hall–Kier alpha value is -1.93. The summed E-state index contributed by atoms with van der Waals surface area (Å²) in [5.41, 5.74) is 0.567. The molecule has 0 saturated carbocycles. The van der Waals surface area contributed by atoms with E-state index in [4.69, 9.17) is 14.4 Å². The van der Waals surface area contributed by atoms with E-state index < -0.39 is 0 Å². The molecule has 0 aliphatic heterocycles. The van der Waals surface area contributed by atoms with Gasteiger partial charge in [-0.2, -0.15) is 5.26 Å². The molecule has 0 spiro atoms. The molecule has 5 heteroatoms. The molecule has 0 radical (unpaired) electrons. The summed E-state index contributed by atoms with van der Waals surface area (Å²) in [6, 6.07) is 9.34. The van der Waals surface area contributed by atoms with Crippen LogP contribution in [0.4, 0.5) is 0 Å². The van der Waals surface area contributed by atoms with Gasteiger partial charge < -0.3 is 9.15 Å². The van der Waals surface area contributed by atoms with Crippen molar-refractivity contribution in [3.8, 4) is 11.8 Å². The monoisotopic (exact) mass is 260 g/mol. The van der Waals surface area contributed by atoms with Crippen molar-refractivity contribution in [3.05, 3.63) is 42.3 Å². The minimum absolute atomic E-state index is 0.567. The lowest BCUT2D eigenvalue weighted by Crippen LogP contribution is -2.00. The number of nitriles is 1. The molecule has 0 unspecified atom stereocenters. The van der Waals surface area contributed by atoms with E-state index in [2.05, 4.69) is 11.1 Å². The molecule has 0 fully saturated rings. The molecule has 0 saturated heterocycles. The molecule has 1 aromatic carbocycles. The van der Waals surface area contributed by atoms with Crippen molar-refractivity contribution in [2.75, 3.05) is 12.4 Å². The fraction of sp³-hybridized carbons (Fsp3) is 0.231. The number of ether oxygens (including phenoxy) is 1. The fourth-order valence-electron chi connectivity index (χ4n) is 1.37. The fourth-order valence-corrected chi connectivity index (χ4v) is 2.06. The Morgan fingerprint density at radius 1 is 1.39 bits per heavy atom. The van der Waals surface area contributed by atoms with E-state index in [9.17, 15) is 0 Å². The minimum atomic E-state index is 0.567. The topological polar surface area (TPSA) is 59.0 Å². The van der Waals surface area contributed by atoms with Crippen molar-refractivity contribution in [3.63, 3.8) is 0 Å². The van der Waals surface area contributed by atoms with Gasteiger partial charge >= 0.3 is 0 Å². The number of rotatable bonds is 6. The van der Waals surface area contributed by atoms with Crippen molar-refractivity contribution in [2.24, 2.45) is 0 Å². The average molecular weight is 260 g/mol. The summed E-state index contributed by atoms with van der Waals surface area (Å²) >= 11 is 1.55. The summed E-state index contributed by atoms with van der Waals surface area (Å²) < 4.78 is 10.7. The van der Waals surface area contributed by atoms with E-state index >= 15 is 0 Å². The SMILES string of the molecule is N#Cc1ccccc1OCCCSc1ncco1. The minimum Gasteiger partial charge on any atom is -0.492 e. The average Bonchev–Trinajstić information content (AvgIpc) is 2.92. The van der Waals surface area contributed by atoms with E-state index in [0.29, 0.717) is 23.1 Å². The molecule has 1 aromatic heterocycles. The molecule has 0 aliphatic carbocycles. The van der Waals surface area contributed by atoms with Crippen LogP contribution < -0.4 is 4.74 Å². The number of benzene rings is 1. The second-order valence-corrected chi connectivity index (χ2v) is 4.50. The van der Waals surface area contributed by atoms with Crippen molar-refractivity contribution in [1.82, 2.24) is 4.98 Å². The first-order valence-electron chi connectivity index (χ1n) is 5.54. The Bertz CT molecular complexity index is 520. The molecule has 0 bridgehead atoms. The van der Waals surface area contributed by atoms with Gasteiger partial charge in [-0.25, -0.2) is 4.98 Å². The molecule has 92 valence electrons. The van der Waals surface area contributed by atoms with Crippen LogP contribution in [0.25, 0.3) is 0 Å². The Balaban J connectivity index is 1.71. The van der Waals surface area contributed by atoms with Crippen LogP contribution in [0.2, 0.25) is 0 Å². The van der Waals surface area contributed by atoms with Crippen LogP contribution in [0, 0.1) is 11.3 Å². The Morgan fingerprint density at radius 2 is 2.28 bits per heavy atom. The number of oxazole rings is 1. The second kappa shape index (κ2) is 6.72. The lowest BCUT2D eigenvalue weighted by molar-refractivity contribution is 0.317. The van der Waals surface area contributed by atoms with Crippen LogP contribution >= 0.6 is 11.8 Å². The molecule has 0 N–H and O–H groups in total. The molecule has 0 atom stereocenters. The van der Waals surface area contributed by atoms with Gasteiger partial charge in [0.15, 0.2) is 0 Å². The molecular weight excluding hydrogens is 248 g/mol. The Labute approximate surface area is 110 Å². The number of hydrogen-bond donors (Lipinski definition) is 0. The molecule has 4 nitrogen and oxygen atoms in total. The highest BCUT2D eigenvalue weighted by atomic mass is 32.2. The van der Waals surface area contributed by atoms with Crippen LogP contribution in [-0.2, 0) is 0 Å². The number of nitrogens with zero attached hydrogens (tertiary/aromatic N) is 2. The van der Waals surface area contributed by atoms with Crippen molar-refractivity contribution >= 4 is 11.8 Å². The van der Waals surface area contributed by atoms with Gasteiger partial charge in [0, 0.05) is 5.75 Å². The van der Waals surface area contributed by atoms with Gasteiger partial charge in [-0.05, 0) is 18.6 Å². The normalized spacial score (nSPS) is 9.94. The van der Waals surface area contributed by atoms with Gasteiger partial charge in [0.1, 0.15) is 18.1 Å². The van der Waals surface area contributed by atoms with Crippen LogP contribution in [0.15, 0.2) is 46.4 Å². The maximum Gasteiger partial charge on any atom is 0.255 e. The zero-order valence-electron chi connectivity index (χ0n) is 9.70. The van der Waals surface area contributed by atoms with Crippen LogP contribution in [-0.4, -0.2) is 17.3 Å². The third-order valence-corrected chi connectivity index (χ3v) is 3.13. The summed E-state index contributed by atoms with van der Waals surface area (Å²) in [6.07, 6.45) is 4.05. The summed E-state index contributed by atoms with van der Waals surface area (Å²) in [7, 11) is 0. The van der Waals surface area contributed by atoms with Crippen LogP contribution in [0.3, 0.4) is 0 Å². The van der Waals surface area contributed by atoms with Gasteiger partial charge in [0.2, 0.25) is 0 Å². The van der Waals surface area contributed by atoms with E-state index in [1.165, 1.54) is 0 Å². The third kappa shape index (κ3) is 3.54. The summed E-state index contributed by atoms with van der Waals surface area (Å²) in [6.45, 7) is 0.576.